The highest BCUT2D eigenvalue weighted by molar-refractivity contribution is 5.81. The van der Waals surface area contributed by atoms with Gasteiger partial charge in [0.05, 0.1) is 17.4 Å². The lowest BCUT2D eigenvalue weighted by atomic mass is 10.0. The number of nitrogens with one attached hydrogen (secondary N) is 2. The molecule has 5 rings (SSSR count). The lowest BCUT2D eigenvalue weighted by Gasteiger charge is -2.14. The van der Waals surface area contributed by atoms with E-state index in [0.717, 1.165) is 29.4 Å². The molecular weight excluding hydrogens is 356 g/mol. The Hall–Kier alpha value is -3.05. The SMILES string of the molecule is Fc1cc(-c2ccc3nc[nH]c3c2)cc(F)c1CNC1Cc2ccccc2C1. The van der Waals surface area contributed by atoms with E-state index in [2.05, 4.69) is 27.4 Å². The number of H-pyrrole nitrogens is 1. The molecule has 0 spiro atoms. The molecule has 3 nitrogen and oxygen atoms in total. The monoisotopic (exact) mass is 375 g/mol. The van der Waals surface area contributed by atoms with E-state index in [1.807, 2.05) is 30.3 Å². The van der Waals surface area contributed by atoms with Gasteiger partial charge in [-0.2, -0.15) is 0 Å². The Morgan fingerprint density at radius 2 is 1.64 bits per heavy atom. The maximum atomic E-state index is 14.7. The molecule has 4 aromatic rings. The van der Waals surface area contributed by atoms with E-state index in [0.29, 0.717) is 5.56 Å². The van der Waals surface area contributed by atoms with Gasteiger partial charge in [0, 0.05) is 18.2 Å². The molecule has 0 aliphatic heterocycles. The summed E-state index contributed by atoms with van der Waals surface area (Å²) in [6.45, 7) is 0.177. The minimum Gasteiger partial charge on any atom is -0.345 e. The van der Waals surface area contributed by atoms with Crippen LogP contribution in [-0.2, 0) is 19.4 Å². The number of nitrogens with zero attached hydrogens (tertiary/aromatic N) is 1. The molecule has 2 N–H and O–H groups in total. The van der Waals surface area contributed by atoms with Crippen LogP contribution in [0.3, 0.4) is 0 Å². The summed E-state index contributed by atoms with van der Waals surface area (Å²) in [6.07, 6.45) is 3.38. The molecule has 3 aromatic carbocycles. The Bertz CT molecular complexity index is 1120. The van der Waals surface area contributed by atoms with Crippen molar-refractivity contribution in [3.05, 3.63) is 89.2 Å². The minimum absolute atomic E-state index is 0.0855. The fourth-order valence-corrected chi connectivity index (χ4v) is 4.00. The van der Waals surface area contributed by atoms with Gasteiger partial charge < -0.3 is 10.3 Å². The number of aromatic nitrogens is 2. The number of benzene rings is 3. The van der Waals surface area contributed by atoms with Crippen molar-refractivity contribution in [3.8, 4) is 11.1 Å². The van der Waals surface area contributed by atoms with Crippen LogP contribution in [0.4, 0.5) is 8.78 Å². The molecule has 0 unspecified atom stereocenters. The van der Waals surface area contributed by atoms with Crippen molar-refractivity contribution in [1.82, 2.24) is 15.3 Å². The van der Waals surface area contributed by atoms with E-state index in [4.69, 9.17) is 0 Å². The molecule has 0 saturated heterocycles. The molecule has 5 heteroatoms. The molecule has 0 bridgehead atoms. The number of imidazole rings is 1. The average Bonchev–Trinajstić information content (AvgIpc) is 3.32. The van der Waals surface area contributed by atoms with Crippen LogP contribution in [0.5, 0.6) is 0 Å². The number of rotatable bonds is 4. The largest absolute Gasteiger partial charge is 0.345 e. The third kappa shape index (κ3) is 3.08. The van der Waals surface area contributed by atoms with Crippen molar-refractivity contribution in [2.24, 2.45) is 0 Å². The van der Waals surface area contributed by atoms with Gasteiger partial charge in [0.2, 0.25) is 0 Å². The van der Waals surface area contributed by atoms with Crippen LogP contribution in [0, 0.1) is 11.6 Å². The zero-order valence-corrected chi connectivity index (χ0v) is 15.2. The molecule has 0 atom stereocenters. The van der Waals surface area contributed by atoms with E-state index in [9.17, 15) is 8.78 Å². The fourth-order valence-electron chi connectivity index (χ4n) is 4.00. The van der Waals surface area contributed by atoms with Crippen molar-refractivity contribution in [2.45, 2.75) is 25.4 Å². The average molecular weight is 375 g/mol. The maximum absolute atomic E-state index is 14.7. The third-order valence-electron chi connectivity index (χ3n) is 5.51. The molecular formula is C23H19F2N3. The van der Waals surface area contributed by atoms with E-state index in [1.165, 1.54) is 23.3 Å². The number of halogens is 2. The van der Waals surface area contributed by atoms with Crippen LogP contribution in [0.2, 0.25) is 0 Å². The molecule has 1 aromatic heterocycles. The van der Waals surface area contributed by atoms with Gasteiger partial charge in [-0.25, -0.2) is 13.8 Å². The van der Waals surface area contributed by atoms with Crippen molar-refractivity contribution >= 4 is 11.0 Å². The van der Waals surface area contributed by atoms with Gasteiger partial charge >= 0.3 is 0 Å². The summed E-state index contributed by atoms with van der Waals surface area (Å²) in [6, 6.07) is 16.8. The Kier molecular flexibility index (Phi) is 4.17. The van der Waals surface area contributed by atoms with Crippen LogP contribution < -0.4 is 5.32 Å². The van der Waals surface area contributed by atoms with Gasteiger partial charge in [0.15, 0.2) is 0 Å². The van der Waals surface area contributed by atoms with Gasteiger partial charge in [-0.15, -0.1) is 0 Å². The zero-order chi connectivity index (χ0) is 19.1. The first kappa shape index (κ1) is 17.1. The summed E-state index contributed by atoms with van der Waals surface area (Å²) in [5, 5.41) is 3.31. The van der Waals surface area contributed by atoms with Crippen molar-refractivity contribution < 1.29 is 8.78 Å². The number of hydrogen-bond acceptors (Lipinski definition) is 2. The number of fused-ring (bicyclic) bond motifs is 2. The number of aromatic amines is 1. The van der Waals surface area contributed by atoms with Crippen molar-refractivity contribution in [3.63, 3.8) is 0 Å². The topological polar surface area (TPSA) is 40.7 Å². The van der Waals surface area contributed by atoms with Crippen LogP contribution >= 0.6 is 0 Å². The van der Waals surface area contributed by atoms with E-state index >= 15 is 0 Å². The van der Waals surface area contributed by atoms with Gasteiger partial charge in [-0.05, 0) is 59.4 Å². The summed E-state index contributed by atoms with van der Waals surface area (Å²) >= 11 is 0. The molecule has 1 heterocycles. The lowest BCUT2D eigenvalue weighted by molar-refractivity contribution is 0.492. The second kappa shape index (κ2) is 6.84. The van der Waals surface area contributed by atoms with E-state index in [1.54, 1.807) is 6.33 Å². The van der Waals surface area contributed by atoms with E-state index in [-0.39, 0.29) is 18.2 Å². The Labute approximate surface area is 161 Å². The standard InChI is InChI=1S/C23H19F2N3/c24-20-9-17(16-5-6-22-23(11-16)28-13-27-22)10-21(25)19(20)12-26-18-7-14-3-1-2-4-15(14)8-18/h1-6,9-11,13,18,26H,7-8,12H2,(H,27,28). The second-order valence-corrected chi connectivity index (χ2v) is 7.31. The van der Waals surface area contributed by atoms with Crippen molar-refractivity contribution in [1.29, 1.82) is 0 Å². The quantitative estimate of drug-likeness (QED) is 0.540. The highest BCUT2D eigenvalue weighted by Crippen LogP contribution is 2.27. The lowest BCUT2D eigenvalue weighted by Crippen LogP contribution is -2.29. The smallest absolute Gasteiger partial charge is 0.131 e. The molecule has 0 radical (unpaired) electrons. The van der Waals surface area contributed by atoms with Crippen LogP contribution in [0.15, 0.2) is 60.9 Å². The molecule has 0 fully saturated rings. The summed E-state index contributed by atoms with van der Waals surface area (Å²) in [5.41, 5.74) is 5.63. The predicted molar refractivity (Wildman–Crippen MR) is 106 cm³/mol. The first-order valence-corrected chi connectivity index (χ1v) is 9.39. The molecule has 0 saturated carbocycles. The van der Waals surface area contributed by atoms with Crippen LogP contribution in [0.1, 0.15) is 16.7 Å². The molecule has 0 amide bonds. The summed E-state index contributed by atoms with van der Waals surface area (Å²) in [4.78, 5) is 7.19. The van der Waals surface area contributed by atoms with Crippen LogP contribution in [0.25, 0.3) is 22.2 Å². The van der Waals surface area contributed by atoms with Gasteiger partial charge in [-0.1, -0.05) is 30.3 Å². The van der Waals surface area contributed by atoms with Gasteiger partial charge in [-0.3, -0.25) is 0 Å². The molecule has 1 aliphatic carbocycles. The summed E-state index contributed by atoms with van der Waals surface area (Å²) < 4.78 is 29.4. The van der Waals surface area contributed by atoms with Gasteiger partial charge in [0.25, 0.3) is 0 Å². The highest BCUT2D eigenvalue weighted by Gasteiger charge is 2.21. The van der Waals surface area contributed by atoms with E-state index < -0.39 is 11.6 Å². The van der Waals surface area contributed by atoms with Crippen LogP contribution in [-0.4, -0.2) is 16.0 Å². The normalized spacial score (nSPS) is 13.9. The Balaban J connectivity index is 1.35. The molecule has 140 valence electrons. The Morgan fingerprint density at radius 3 is 2.36 bits per heavy atom. The second-order valence-electron chi connectivity index (χ2n) is 7.31. The third-order valence-corrected chi connectivity index (χ3v) is 5.51. The summed E-state index contributed by atoms with van der Waals surface area (Å²) in [5.74, 6) is -1.05. The highest BCUT2D eigenvalue weighted by atomic mass is 19.1. The maximum Gasteiger partial charge on any atom is 0.131 e. The minimum atomic E-state index is -0.525. The molecule has 1 aliphatic rings. The summed E-state index contributed by atoms with van der Waals surface area (Å²) in [7, 11) is 0. The van der Waals surface area contributed by atoms with Gasteiger partial charge in [0.1, 0.15) is 11.6 Å². The number of hydrogen-bond donors (Lipinski definition) is 2. The first-order chi connectivity index (χ1) is 13.7. The zero-order valence-electron chi connectivity index (χ0n) is 15.2. The Morgan fingerprint density at radius 1 is 0.929 bits per heavy atom. The first-order valence-electron chi connectivity index (χ1n) is 9.39. The van der Waals surface area contributed by atoms with Crippen molar-refractivity contribution in [2.75, 3.05) is 0 Å². The predicted octanol–water partition coefficient (Wildman–Crippen LogP) is 4.77. The fraction of sp³-hybridized carbons (Fsp3) is 0.174. The molecule has 28 heavy (non-hydrogen) atoms.